The number of nitrogen functional groups attached to an aromatic ring is 1. The Kier molecular flexibility index (Phi) is 4.32. The Morgan fingerprint density at radius 2 is 2.00 bits per heavy atom. The molecule has 2 aliphatic rings. The summed E-state index contributed by atoms with van der Waals surface area (Å²) in [5.74, 6) is 0.273. The van der Waals surface area contributed by atoms with Crippen molar-refractivity contribution in [2.45, 2.75) is 56.3 Å². The maximum absolute atomic E-state index is 10.5. The predicted molar refractivity (Wildman–Crippen MR) is 90.5 cm³/mol. The summed E-state index contributed by atoms with van der Waals surface area (Å²) in [6, 6.07) is 0.522. The molecule has 9 heteroatoms. The van der Waals surface area contributed by atoms with Crippen LogP contribution in [-0.4, -0.2) is 72.6 Å². The molecule has 4 atom stereocenters. The van der Waals surface area contributed by atoms with Crippen LogP contribution in [0.25, 0.3) is 11.2 Å². The SMILES string of the molecule is CN(C[C@H]1O[C@@H](n2cnc3c(N)ncnc32)[C@H](O)[C@@H]1O)C1CCCC1. The molecule has 4 N–H and O–H groups in total. The quantitative estimate of drug-likeness (QED) is 0.700. The maximum atomic E-state index is 10.5. The van der Waals surface area contributed by atoms with E-state index in [0.717, 1.165) is 0 Å². The largest absolute Gasteiger partial charge is 0.387 e. The van der Waals surface area contributed by atoms with Crippen molar-refractivity contribution in [3.8, 4) is 0 Å². The lowest BCUT2D eigenvalue weighted by atomic mass is 10.1. The van der Waals surface area contributed by atoms with Crippen LogP contribution in [-0.2, 0) is 4.74 Å². The Labute approximate surface area is 145 Å². The van der Waals surface area contributed by atoms with Gasteiger partial charge < -0.3 is 25.6 Å². The van der Waals surface area contributed by atoms with Crippen LogP contribution >= 0.6 is 0 Å². The summed E-state index contributed by atoms with van der Waals surface area (Å²) in [5.41, 5.74) is 6.74. The molecule has 0 bridgehead atoms. The molecule has 3 heterocycles. The highest BCUT2D eigenvalue weighted by Gasteiger charge is 2.45. The van der Waals surface area contributed by atoms with Gasteiger partial charge in [0.05, 0.1) is 6.33 Å². The van der Waals surface area contributed by atoms with Gasteiger partial charge in [-0.15, -0.1) is 0 Å². The van der Waals surface area contributed by atoms with E-state index in [-0.39, 0.29) is 5.82 Å². The van der Waals surface area contributed by atoms with Gasteiger partial charge in [-0.25, -0.2) is 15.0 Å². The summed E-state index contributed by atoms with van der Waals surface area (Å²) in [5, 5.41) is 20.9. The third kappa shape index (κ3) is 2.86. The number of imidazole rings is 1. The molecular weight excluding hydrogens is 324 g/mol. The van der Waals surface area contributed by atoms with Gasteiger partial charge in [0.15, 0.2) is 17.7 Å². The van der Waals surface area contributed by atoms with E-state index in [1.807, 2.05) is 7.05 Å². The maximum Gasteiger partial charge on any atom is 0.167 e. The number of aliphatic hydroxyl groups excluding tert-OH is 2. The average molecular weight is 348 g/mol. The highest BCUT2D eigenvalue weighted by atomic mass is 16.6. The first kappa shape index (κ1) is 16.6. The van der Waals surface area contributed by atoms with E-state index in [1.165, 1.54) is 38.3 Å². The molecule has 0 aromatic carbocycles. The Balaban J connectivity index is 1.54. The van der Waals surface area contributed by atoms with Gasteiger partial charge in [0.1, 0.15) is 30.2 Å². The predicted octanol–water partition coefficient (Wildman–Crippen LogP) is -0.0979. The lowest BCUT2D eigenvalue weighted by Crippen LogP contribution is -2.41. The van der Waals surface area contributed by atoms with Crippen molar-refractivity contribution in [2.75, 3.05) is 19.3 Å². The van der Waals surface area contributed by atoms with Crippen molar-refractivity contribution in [2.24, 2.45) is 0 Å². The first-order chi connectivity index (χ1) is 12.1. The number of likely N-dealkylation sites (N-methyl/N-ethyl adjacent to an activating group) is 1. The molecule has 1 saturated carbocycles. The number of nitrogens with two attached hydrogens (primary N) is 1. The van der Waals surface area contributed by atoms with Crippen LogP contribution in [0.5, 0.6) is 0 Å². The molecule has 25 heavy (non-hydrogen) atoms. The molecule has 2 fully saturated rings. The number of fused-ring (bicyclic) bond motifs is 1. The normalized spacial score (nSPS) is 30.7. The summed E-state index contributed by atoms with van der Waals surface area (Å²) >= 11 is 0. The Bertz CT molecular complexity index is 747. The van der Waals surface area contributed by atoms with E-state index in [4.69, 9.17) is 10.5 Å². The number of aliphatic hydroxyl groups is 2. The van der Waals surface area contributed by atoms with Crippen LogP contribution in [0.3, 0.4) is 0 Å². The molecule has 136 valence electrons. The average Bonchev–Trinajstić information content (AvgIpc) is 3.31. The summed E-state index contributed by atoms with van der Waals surface area (Å²) in [6.07, 6.45) is 4.45. The second kappa shape index (κ2) is 6.49. The van der Waals surface area contributed by atoms with Crippen molar-refractivity contribution in [3.05, 3.63) is 12.7 Å². The minimum absolute atomic E-state index is 0.273. The number of anilines is 1. The first-order valence-electron chi connectivity index (χ1n) is 8.71. The summed E-state index contributed by atoms with van der Waals surface area (Å²) in [6.45, 7) is 0.573. The van der Waals surface area contributed by atoms with Gasteiger partial charge in [0.2, 0.25) is 0 Å². The monoisotopic (exact) mass is 348 g/mol. The minimum atomic E-state index is -1.06. The van der Waals surface area contributed by atoms with Crippen molar-refractivity contribution in [1.82, 2.24) is 24.4 Å². The number of rotatable bonds is 4. The molecule has 0 amide bonds. The second-order valence-electron chi connectivity index (χ2n) is 7.01. The van der Waals surface area contributed by atoms with Gasteiger partial charge in [-0.05, 0) is 19.9 Å². The van der Waals surface area contributed by atoms with Gasteiger partial charge in [-0.3, -0.25) is 4.57 Å². The number of aromatic nitrogens is 4. The van der Waals surface area contributed by atoms with Crippen molar-refractivity contribution >= 4 is 17.0 Å². The molecule has 4 rings (SSSR count). The fourth-order valence-electron chi connectivity index (χ4n) is 3.94. The molecule has 0 unspecified atom stereocenters. The van der Waals surface area contributed by atoms with Gasteiger partial charge in [0, 0.05) is 12.6 Å². The van der Waals surface area contributed by atoms with Crippen LogP contribution in [0.1, 0.15) is 31.9 Å². The molecule has 1 aliphatic heterocycles. The molecule has 0 radical (unpaired) electrons. The van der Waals surface area contributed by atoms with Crippen LogP contribution < -0.4 is 5.73 Å². The van der Waals surface area contributed by atoms with Crippen LogP contribution in [0, 0.1) is 0 Å². The second-order valence-corrected chi connectivity index (χ2v) is 7.01. The zero-order valence-corrected chi connectivity index (χ0v) is 14.2. The fourth-order valence-corrected chi connectivity index (χ4v) is 3.94. The van der Waals surface area contributed by atoms with Gasteiger partial charge >= 0.3 is 0 Å². The summed E-state index contributed by atoms with van der Waals surface area (Å²) < 4.78 is 7.60. The lowest BCUT2D eigenvalue weighted by molar-refractivity contribution is -0.0450. The molecule has 0 spiro atoms. The number of hydrogen-bond donors (Lipinski definition) is 3. The number of nitrogens with zero attached hydrogens (tertiary/aromatic N) is 5. The first-order valence-corrected chi connectivity index (χ1v) is 8.71. The summed E-state index contributed by atoms with van der Waals surface area (Å²) in [7, 11) is 2.05. The van der Waals surface area contributed by atoms with Gasteiger partial charge in [0.25, 0.3) is 0 Å². The minimum Gasteiger partial charge on any atom is -0.387 e. The standard InChI is InChI=1S/C16H24N6O3/c1-21(9-4-2-3-5-9)6-10-12(23)13(24)16(25-10)22-8-20-11-14(17)18-7-19-15(11)22/h7-10,12-13,16,23-24H,2-6H2,1H3,(H2,17,18,19)/t10-,12-,13-,16-/m1/s1. The van der Waals surface area contributed by atoms with Crippen molar-refractivity contribution in [1.29, 1.82) is 0 Å². The fraction of sp³-hybridized carbons (Fsp3) is 0.688. The summed E-state index contributed by atoms with van der Waals surface area (Å²) in [4.78, 5) is 14.5. The molecule has 2 aromatic heterocycles. The van der Waals surface area contributed by atoms with Crippen molar-refractivity contribution < 1.29 is 14.9 Å². The molecule has 2 aromatic rings. The third-order valence-corrected chi connectivity index (χ3v) is 5.41. The van der Waals surface area contributed by atoms with Gasteiger partial charge in [-0.2, -0.15) is 0 Å². The van der Waals surface area contributed by atoms with Crippen LogP contribution in [0.15, 0.2) is 12.7 Å². The van der Waals surface area contributed by atoms with E-state index in [1.54, 1.807) is 4.57 Å². The van der Waals surface area contributed by atoms with Crippen LogP contribution in [0.4, 0.5) is 5.82 Å². The molecule has 1 aliphatic carbocycles. The van der Waals surface area contributed by atoms with E-state index in [0.29, 0.717) is 23.8 Å². The van der Waals surface area contributed by atoms with Gasteiger partial charge in [-0.1, -0.05) is 12.8 Å². The molecule has 9 nitrogen and oxygen atoms in total. The Hall–Kier alpha value is -1.81. The number of ether oxygens (including phenoxy) is 1. The van der Waals surface area contributed by atoms with E-state index >= 15 is 0 Å². The Morgan fingerprint density at radius 3 is 2.76 bits per heavy atom. The van der Waals surface area contributed by atoms with E-state index in [2.05, 4.69) is 19.9 Å². The highest BCUT2D eigenvalue weighted by molar-refractivity contribution is 5.81. The Morgan fingerprint density at radius 1 is 1.24 bits per heavy atom. The van der Waals surface area contributed by atoms with Crippen molar-refractivity contribution in [3.63, 3.8) is 0 Å². The zero-order valence-electron chi connectivity index (χ0n) is 14.2. The van der Waals surface area contributed by atoms with E-state index in [9.17, 15) is 10.2 Å². The van der Waals surface area contributed by atoms with E-state index < -0.39 is 24.5 Å². The lowest BCUT2D eigenvalue weighted by Gasteiger charge is -2.27. The number of hydrogen-bond acceptors (Lipinski definition) is 8. The zero-order chi connectivity index (χ0) is 17.6. The van der Waals surface area contributed by atoms with Crippen LogP contribution in [0.2, 0.25) is 0 Å². The molecule has 1 saturated heterocycles. The topological polar surface area (TPSA) is 123 Å². The smallest absolute Gasteiger partial charge is 0.167 e. The third-order valence-electron chi connectivity index (χ3n) is 5.41. The molecular formula is C16H24N6O3. The highest BCUT2D eigenvalue weighted by Crippen LogP contribution is 2.33.